The van der Waals surface area contributed by atoms with Crippen LogP contribution in [-0.2, 0) is 7.05 Å². The third-order valence-electron chi connectivity index (χ3n) is 2.32. The average Bonchev–Trinajstić information content (AvgIpc) is 2.59. The van der Waals surface area contributed by atoms with Gasteiger partial charge < -0.3 is 11.1 Å². The second-order valence-corrected chi connectivity index (χ2v) is 5.04. The quantitative estimate of drug-likeness (QED) is 0.889. The smallest absolute Gasteiger partial charge is 0.256 e. The Hall–Kier alpha value is -1.53. The van der Waals surface area contributed by atoms with Crippen LogP contribution in [0, 0.1) is 0 Å². The number of nitrogens with one attached hydrogen (secondary N) is 1. The monoisotopic (exact) mass is 328 g/mol. The van der Waals surface area contributed by atoms with E-state index in [4.69, 9.17) is 17.3 Å². The van der Waals surface area contributed by atoms with E-state index in [0.29, 0.717) is 22.1 Å². The first kappa shape index (κ1) is 12.9. The number of nitrogens with two attached hydrogens (primary N) is 1. The molecule has 0 atom stereocenters. The van der Waals surface area contributed by atoms with E-state index >= 15 is 0 Å². The van der Waals surface area contributed by atoms with E-state index in [2.05, 4.69) is 26.3 Å². The Kier molecular flexibility index (Phi) is 3.58. The van der Waals surface area contributed by atoms with Crippen molar-refractivity contribution in [1.29, 1.82) is 0 Å². The van der Waals surface area contributed by atoms with Gasteiger partial charge in [0, 0.05) is 22.1 Å². The van der Waals surface area contributed by atoms with E-state index in [0.717, 1.165) is 4.47 Å². The summed E-state index contributed by atoms with van der Waals surface area (Å²) < 4.78 is 2.23. The molecule has 1 heterocycles. The van der Waals surface area contributed by atoms with E-state index in [1.165, 1.54) is 10.9 Å². The number of nitrogen functional groups attached to an aromatic ring is 1. The minimum absolute atomic E-state index is 0.298. The molecular formula is C11H10BrClN4O. The lowest BCUT2D eigenvalue weighted by Crippen LogP contribution is -2.15. The second kappa shape index (κ2) is 4.99. The van der Waals surface area contributed by atoms with Gasteiger partial charge in [0.25, 0.3) is 5.91 Å². The molecule has 18 heavy (non-hydrogen) atoms. The molecule has 1 aromatic heterocycles. The number of carbonyl (C=O) groups excluding carboxylic acids is 1. The highest BCUT2D eigenvalue weighted by molar-refractivity contribution is 9.10. The molecule has 1 amide bonds. The molecule has 0 unspecified atom stereocenters. The van der Waals surface area contributed by atoms with Crippen molar-refractivity contribution in [2.24, 2.45) is 7.05 Å². The van der Waals surface area contributed by atoms with Crippen molar-refractivity contribution in [3.8, 4) is 0 Å². The highest BCUT2D eigenvalue weighted by atomic mass is 79.9. The van der Waals surface area contributed by atoms with E-state index < -0.39 is 0 Å². The number of halogens is 2. The summed E-state index contributed by atoms with van der Waals surface area (Å²) in [7, 11) is 1.69. The lowest BCUT2D eigenvalue weighted by Gasteiger charge is -2.07. The van der Waals surface area contributed by atoms with Crippen LogP contribution in [0.15, 0.2) is 28.9 Å². The topological polar surface area (TPSA) is 72.9 Å². The number of hydrogen-bond acceptors (Lipinski definition) is 3. The number of rotatable bonds is 2. The van der Waals surface area contributed by atoms with Gasteiger partial charge in [-0.2, -0.15) is 5.10 Å². The van der Waals surface area contributed by atoms with Gasteiger partial charge in [0.1, 0.15) is 0 Å². The van der Waals surface area contributed by atoms with Crippen molar-refractivity contribution >= 4 is 44.9 Å². The number of carbonyl (C=O) groups is 1. The van der Waals surface area contributed by atoms with Crippen LogP contribution in [0.3, 0.4) is 0 Å². The van der Waals surface area contributed by atoms with Gasteiger partial charge in [-0.05, 0) is 18.2 Å². The zero-order valence-corrected chi connectivity index (χ0v) is 11.8. The molecule has 0 bridgehead atoms. The summed E-state index contributed by atoms with van der Waals surface area (Å²) in [5.41, 5.74) is 6.54. The fourth-order valence-electron chi connectivity index (χ4n) is 1.47. The van der Waals surface area contributed by atoms with Crippen molar-refractivity contribution < 1.29 is 4.79 Å². The highest BCUT2D eigenvalue weighted by Crippen LogP contribution is 2.22. The third kappa shape index (κ3) is 2.65. The van der Waals surface area contributed by atoms with Gasteiger partial charge in [0.2, 0.25) is 0 Å². The lowest BCUT2D eigenvalue weighted by atomic mass is 10.2. The SMILES string of the molecule is Cn1ncc(N)c1NC(=O)c1cc(Cl)cc(Br)c1. The zero-order valence-electron chi connectivity index (χ0n) is 9.45. The van der Waals surface area contributed by atoms with Crippen molar-refractivity contribution in [3.05, 3.63) is 39.5 Å². The molecule has 5 nitrogen and oxygen atoms in total. The maximum Gasteiger partial charge on any atom is 0.256 e. The number of hydrogen-bond donors (Lipinski definition) is 2. The largest absolute Gasteiger partial charge is 0.394 e. The van der Waals surface area contributed by atoms with Crippen molar-refractivity contribution in [2.75, 3.05) is 11.1 Å². The molecule has 0 aliphatic carbocycles. The molecule has 7 heteroatoms. The number of aromatic nitrogens is 2. The predicted octanol–water partition coefficient (Wildman–Crippen LogP) is 2.67. The molecule has 0 fully saturated rings. The fourth-order valence-corrected chi connectivity index (χ4v) is 2.33. The van der Waals surface area contributed by atoms with Crippen molar-refractivity contribution in [3.63, 3.8) is 0 Å². The summed E-state index contributed by atoms with van der Waals surface area (Å²) in [6.45, 7) is 0. The Labute approximate surface area is 117 Å². The first-order chi connectivity index (χ1) is 8.47. The molecule has 0 aliphatic rings. The van der Waals surface area contributed by atoms with E-state index in [-0.39, 0.29) is 5.91 Å². The van der Waals surface area contributed by atoms with Crippen LogP contribution in [-0.4, -0.2) is 15.7 Å². The lowest BCUT2D eigenvalue weighted by molar-refractivity contribution is 0.102. The van der Waals surface area contributed by atoms with Crippen LogP contribution in [0.25, 0.3) is 0 Å². The van der Waals surface area contributed by atoms with Crippen LogP contribution in [0.5, 0.6) is 0 Å². The van der Waals surface area contributed by atoms with E-state index in [9.17, 15) is 4.79 Å². The first-order valence-electron chi connectivity index (χ1n) is 5.02. The summed E-state index contributed by atoms with van der Waals surface area (Å²) >= 11 is 9.17. The molecule has 0 radical (unpaired) electrons. The molecule has 3 N–H and O–H groups in total. The molecule has 1 aromatic carbocycles. The van der Waals surface area contributed by atoms with Gasteiger partial charge in [-0.1, -0.05) is 27.5 Å². The molecule has 94 valence electrons. The van der Waals surface area contributed by atoms with Crippen LogP contribution in [0.4, 0.5) is 11.5 Å². The zero-order chi connectivity index (χ0) is 13.3. The molecule has 0 spiro atoms. The number of anilines is 2. The second-order valence-electron chi connectivity index (χ2n) is 3.68. The molecule has 0 saturated heterocycles. The Morgan fingerprint density at radius 3 is 2.78 bits per heavy atom. The minimum atomic E-state index is -0.298. The molecule has 2 rings (SSSR count). The molecular weight excluding hydrogens is 320 g/mol. The average molecular weight is 330 g/mol. The van der Waals surface area contributed by atoms with Gasteiger partial charge in [0.15, 0.2) is 5.82 Å². The third-order valence-corrected chi connectivity index (χ3v) is 3.00. The van der Waals surface area contributed by atoms with Gasteiger partial charge >= 0.3 is 0 Å². The highest BCUT2D eigenvalue weighted by Gasteiger charge is 2.12. The molecule has 0 saturated carbocycles. The van der Waals surface area contributed by atoms with Crippen LogP contribution in [0.2, 0.25) is 5.02 Å². The van der Waals surface area contributed by atoms with Gasteiger partial charge in [-0.15, -0.1) is 0 Å². The molecule has 2 aromatic rings. The van der Waals surface area contributed by atoms with Crippen LogP contribution in [0.1, 0.15) is 10.4 Å². The fraction of sp³-hybridized carbons (Fsp3) is 0.0909. The summed E-state index contributed by atoms with van der Waals surface area (Å²) in [6.07, 6.45) is 1.48. The summed E-state index contributed by atoms with van der Waals surface area (Å²) in [5.74, 6) is 0.157. The first-order valence-corrected chi connectivity index (χ1v) is 6.19. The summed E-state index contributed by atoms with van der Waals surface area (Å²) in [6, 6.07) is 4.96. The number of benzene rings is 1. The number of nitrogens with zero attached hydrogens (tertiary/aromatic N) is 2. The van der Waals surface area contributed by atoms with E-state index in [1.54, 1.807) is 25.2 Å². The summed E-state index contributed by atoms with van der Waals surface area (Å²) in [5, 5.41) is 7.11. The van der Waals surface area contributed by atoms with Gasteiger partial charge in [-0.25, -0.2) is 0 Å². The standard InChI is InChI=1S/C11H10BrClN4O/c1-17-10(9(14)5-15-17)16-11(18)6-2-7(12)4-8(13)3-6/h2-5H,14H2,1H3,(H,16,18). The number of aryl methyl sites for hydroxylation is 1. The Morgan fingerprint density at radius 1 is 1.50 bits per heavy atom. The Balaban J connectivity index is 2.27. The van der Waals surface area contributed by atoms with Crippen molar-refractivity contribution in [2.45, 2.75) is 0 Å². The Bertz CT molecular complexity index is 571. The minimum Gasteiger partial charge on any atom is -0.394 e. The number of amides is 1. The summed E-state index contributed by atoms with van der Waals surface area (Å²) in [4.78, 5) is 12.0. The van der Waals surface area contributed by atoms with Crippen LogP contribution < -0.4 is 11.1 Å². The van der Waals surface area contributed by atoms with Crippen molar-refractivity contribution in [1.82, 2.24) is 9.78 Å². The molecule has 0 aliphatic heterocycles. The normalized spacial score (nSPS) is 10.4. The van der Waals surface area contributed by atoms with E-state index in [1.807, 2.05) is 0 Å². The van der Waals surface area contributed by atoms with Crippen LogP contribution >= 0.6 is 27.5 Å². The maximum absolute atomic E-state index is 12.0. The Morgan fingerprint density at radius 2 is 2.22 bits per heavy atom. The predicted molar refractivity (Wildman–Crippen MR) is 74.7 cm³/mol. The van der Waals surface area contributed by atoms with Gasteiger partial charge in [0.05, 0.1) is 11.9 Å². The van der Waals surface area contributed by atoms with Gasteiger partial charge in [-0.3, -0.25) is 9.48 Å². The maximum atomic E-state index is 12.0.